The second-order valence-electron chi connectivity index (χ2n) is 3.76. The number of hydrazone groups is 1. The SMILES string of the molecule is CCc1cccc(CC)c1N/N=C(\C#N)C(=N)N. The van der Waals surface area contributed by atoms with Crippen LogP contribution in [0, 0.1) is 16.7 Å². The Balaban J connectivity index is 3.10. The number of benzene rings is 1. The number of para-hydroxylation sites is 1. The first-order valence-electron chi connectivity index (χ1n) is 5.82. The fraction of sp³-hybridized carbons (Fsp3) is 0.308. The van der Waals surface area contributed by atoms with Crippen LogP contribution in [-0.2, 0) is 12.8 Å². The summed E-state index contributed by atoms with van der Waals surface area (Å²) in [5.74, 6) is -0.336. The van der Waals surface area contributed by atoms with Crippen molar-refractivity contribution < 1.29 is 0 Å². The van der Waals surface area contributed by atoms with Crippen molar-refractivity contribution in [1.82, 2.24) is 0 Å². The van der Waals surface area contributed by atoms with Gasteiger partial charge in [-0.25, -0.2) is 0 Å². The Bertz CT molecular complexity index is 488. The molecule has 0 fully saturated rings. The van der Waals surface area contributed by atoms with E-state index < -0.39 is 0 Å². The van der Waals surface area contributed by atoms with E-state index in [2.05, 4.69) is 24.4 Å². The van der Waals surface area contributed by atoms with Crippen molar-refractivity contribution in [3.05, 3.63) is 29.3 Å². The highest BCUT2D eigenvalue weighted by Gasteiger charge is 2.06. The standard InChI is InChI=1S/C13H17N5/c1-3-9-6-5-7-10(4-2)12(9)18-17-11(8-14)13(15)16/h5-7,18H,3-4H2,1-2H3,(H3,15,16)/b17-11+. The first-order valence-corrected chi connectivity index (χ1v) is 5.82. The zero-order valence-corrected chi connectivity index (χ0v) is 10.6. The number of nitrogens with two attached hydrogens (primary N) is 1. The Hall–Kier alpha value is -2.35. The van der Waals surface area contributed by atoms with Crippen molar-refractivity contribution in [2.45, 2.75) is 26.7 Å². The zero-order valence-electron chi connectivity index (χ0n) is 10.6. The molecule has 0 aliphatic rings. The van der Waals surface area contributed by atoms with Crippen LogP contribution >= 0.6 is 0 Å². The van der Waals surface area contributed by atoms with Gasteiger partial charge in [0.2, 0.25) is 5.71 Å². The van der Waals surface area contributed by atoms with Crippen molar-refractivity contribution in [3.63, 3.8) is 0 Å². The first-order chi connectivity index (χ1) is 8.63. The van der Waals surface area contributed by atoms with Crippen LogP contribution in [0.2, 0.25) is 0 Å². The lowest BCUT2D eigenvalue weighted by Gasteiger charge is -2.12. The molecule has 0 saturated carbocycles. The van der Waals surface area contributed by atoms with Crippen molar-refractivity contribution in [1.29, 1.82) is 10.7 Å². The molecular weight excluding hydrogens is 226 g/mol. The fourth-order valence-corrected chi connectivity index (χ4v) is 1.64. The topological polar surface area (TPSA) is 98.0 Å². The molecule has 1 aromatic carbocycles. The van der Waals surface area contributed by atoms with Gasteiger partial charge in [-0.15, -0.1) is 0 Å². The largest absolute Gasteiger partial charge is 0.382 e. The molecule has 0 aliphatic heterocycles. The molecule has 0 bridgehead atoms. The third-order valence-corrected chi connectivity index (χ3v) is 2.64. The van der Waals surface area contributed by atoms with Crippen LogP contribution in [0.5, 0.6) is 0 Å². The van der Waals surface area contributed by atoms with Crippen molar-refractivity contribution in [2.24, 2.45) is 10.8 Å². The molecule has 1 rings (SSSR count). The minimum Gasteiger partial charge on any atom is -0.382 e. The number of amidine groups is 1. The third kappa shape index (κ3) is 3.08. The Kier molecular flexibility index (Phi) is 4.88. The molecule has 0 amide bonds. The highest BCUT2D eigenvalue weighted by Crippen LogP contribution is 2.22. The number of hydrogen-bond donors (Lipinski definition) is 3. The van der Waals surface area contributed by atoms with Crippen LogP contribution in [0.1, 0.15) is 25.0 Å². The minimum atomic E-state index is -0.336. The Morgan fingerprint density at radius 1 is 1.39 bits per heavy atom. The Morgan fingerprint density at radius 3 is 2.33 bits per heavy atom. The minimum absolute atomic E-state index is 0.108. The van der Waals surface area contributed by atoms with E-state index in [1.165, 1.54) is 0 Å². The normalized spacial score (nSPS) is 10.8. The summed E-state index contributed by atoms with van der Waals surface area (Å²) >= 11 is 0. The number of hydrogen-bond acceptors (Lipinski definition) is 4. The molecule has 0 spiro atoms. The number of rotatable bonds is 5. The van der Waals surface area contributed by atoms with Gasteiger partial charge >= 0.3 is 0 Å². The summed E-state index contributed by atoms with van der Waals surface area (Å²) in [6, 6.07) is 7.81. The van der Waals surface area contributed by atoms with Gasteiger partial charge in [0, 0.05) is 0 Å². The number of anilines is 1. The van der Waals surface area contributed by atoms with Crippen LogP contribution in [0.4, 0.5) is 5.69 Å². The average molecular weight is 243 g/mol. The highest BCUT2D eigenvalue weighted by atomic mass is 15.3. The van der Waals surface area contributed by atoms with Gasteiger partial charge in [0.05, 0.1) is 5.69 Å². The molecule has 0 radical (unpaired) electrons. The molecule has 5 heteroatoms. The summed E-state index contributed by atoms with van der Waals surface area (Å²) in [6.45, 7) is 4.11. The van der Waals surface area contributed by atoms with E-state index in [0.717, 1.165) is 29.7 Å². The molecule has 94 valence electrons. The maximum Gasteiger partial charge on any atom is 0.201 e. The van der Waals surface area contributed by atoms with E-state index in [-0.39, 0.29) is 11.5 Å². The van der Waals surface area contributed by atoms with E-state index in [1.54, 1.807) is 6.07 Å². The maximum absolute atomic E-state index is 8.79. The van der Waals surface area contributed by atoms with Gasteiger partial charge in [0.15, 0.2) is 5.84 Å². The Labute approximate surface area is 107 Å². The van der Waals surface area contributed by atoms with Crippen molar-refractivity contribution >= 4 is 17.2 Å². The fourth-order valence-electron chi connectivity index (χ4n) is 1.64. The lowest BCUT2D eigenvalue weighted by molar-refractivity contribution is 1.07. The number of nitrogens with one attached hydrogen (secondary N) is 2. The summed E-state index contributed by atoms with van der Waals surface area (Å²) in [5.41, 5.74) is 11.1. The van der Waals surface area contributed by atoms with Gasteiger partial charge in [-0.05, 0) is 24.0 Å². The molecule has 18 heavy (non-hydrogen) atoms. The number of nitrogens with zero attached hydrogens (tertiary/aromatic N) is 2. The number of nitriles is 1. The van der Waals surface area contributed by atoms with E-state index in [1.807, 2.05) is 18.2 Å². The summed E-state index contributed by atoms with van der Waals surface area (Å²) < 4.78 is 0. The van der Waals surface area contributed by atoms with Gasteiger partial charge < -0.3 is 5.73 Å². The summed E-state index contributed by atoms with van der Waals surface area (Å²) in [6.07, 6.45) is 1.74. The molecule has 0 saturated heterocycles. The molecular formula is C13H17N5. The summed E-state index contributed by atoms with van der Waals surface area (Å²) in [7, 11) is 0. The van der Waals surface area contributed by atoms with E-state index in [9.17, 15) is 0 Å². The van der Waals surface area contributed by atoms with E-state index in [4.69, 9.17) is 16.4 Å². The van der Waals surface area contributed by atoms with Crippen molar-refractivity contribution in [3.8, 4) is 6.07 Å². The van der Waals surface area contributed by atoms with Gasteiger partial charge in [0.25, 0.3) is 0 Å². The van der Waals surface area contributed by atoms with Gasteiger partial charge in [-0.2, -0.15) is 10.4 Å². The zero-order chi connectivity index (χ0) is 13.5. The third-order valence-electron chi connectivity index (χ3n) is 2.64. The van der Waals surface area contributed by atoms with Crippen molar-refractivity contribution in [2.75, 3.05) is 5.43 Å². The maximum atomic E-state index is 8.79. The Morgan fingerprint density at radius 2 is 1.94 bits per heavy atom. The first kappa shape index (κ1) is 13.7. The molecule has 0 aromatic heterocycles. The molecule has 0 heterocycles. The molecule has 4 N–H and O–H groups in total. The van der Waals surface area contributed by atoms with Gasteiger partial charge in [-0.1, -0.05) is 32.0 Å². The smallest absolute Gasteiger partial charge is 0.201 e. The van der Waals surface area contributed by atoms with Gasteiger partial charge in [-0.3, -0.25) is 10.8 Å². The lowest BCUT2D eigenvalue weighted by Crippen LogP contribution is -2.22. The molecule has 0 atom stereocenters. The van der Waals surface area contributed by atoms with Crippen LogP contribution in [-0.4, -0.2) is 11.5 Å². The predicted octanol–water partition coefficient (Wildman–Crippen LogP) is 2.04. The van der Waals surface area contributed by atoms with Crippen LogP contribution in [0.15, 0.2) is 23.3 Å². The molecule has 5 nitrogen and oxygen atoms in total. The van der Waals surface area contributed by atoms with Crippen LogP contribution < -0.4 is 11.2 Å². The summed E-state index contributed by atoms with van der Waals surface area (Å²) in [4.78, 5) is 0. The van der Waals surface area contributed by atoms with Crippen LogP contribution in [0.3, 0.4) is 0 Å². The van der Waals surface area contributed by atoms with Gasteiger partial charge in [0.1, 0.15) is 6.07 Å². The molecule has 0 aliphatic carbocycles. The second kappa shape index (κ2) is 6.40. The quantitative estimate of drug-likeness (QED) is 0.419. The van der Waals surface area contributed by atoms with E-state index >= 15 is 0 Å². The molecule has 1 aromatic rings. The monoisotopic (exact) mass is 243 g/mol. The predicted molar refractivity (Wildman–Crippen MR) is 73.8 cm³/mol. The van der Waals surface area contributed by atoms with Crippen LogP contribution in [0.25, 0.3) is 0 Å². The lowest BCUT2D eigenvalue weighted by atomic mass is 10.0. The second-order valence-corrected chi connectivity index (χ2v) is 3.76. The number of aryl methyl sites for hydroxylation is 2. The summed E-state index contributed by atoms with van der Waals surface area (Å²) in [5, 5.41) is 19.9. The molecule has 0 unspecified atom stereocenters. The average Bonchev–Trinajstić information content (AvgIpc) is 2.38. The highest BCUT2D eigenvalue weighted by molar-refractivity contribution is 6.45. The van der Waals surface area contributed by atoms with E-state index in [0.29, 0.717) is 0 Å².